The van der Waals surface area contributed by atoms with Gasteiger partial charge in [-0.2, -0.15) is 0 Å². The van der Waals surface area contributed by atoms with E-state index in [1.165, 1.54) is 38.6 Å². The molecule has 2 aliphatic heterocycles. The number of hydrogen-bond acceptors (Lipinski definition) is 3. The van der Waals surface area contributed by atoms with Crippen LogP contribution in [0.2, 0.25) is 0 Å². The Balaban J connectivity index is 1.51. The van der Waals surface area contributed by atoms with Crippen LogP contribution in [0.1, 0.15) is 0 Å². The highest BCUT2D eigenvalue weighted by Crippen LogP contribution is 2.44. The van der Waals surface area contributed by atoms with Gasteiger partial charge >= 0.3 is 0 Å². The summed E-state index contributed by atoms with van der Waals surface area (Å²) in [5, 5.41) is 3.61. The van der Waals surface area contributed by atoms with E-state index in [4.69, 9.17) is 4.42 Å². The molecule has 0 unspecified atom stereocenters. The van der Waals surface area contributed by atoms with Gasteiger partial charge in [0.15, 0.2) is 0 Å². The van der Waals surface area contributed by atoms with E-state index >= 15 is 0 Å². The lowest BCUT2D eigenvalue weighted by molar-refractivity contribution is 0.651. The molecular formula is C31H18BN3O. The SMILES string of the molecule is c1ccc(N2c3cccc4c3B(c3oc5ccccc5c32)c2cccc3c5ccncc5n-4c23)cc1. The third-order valence-electron chi connectivity index (χ3n) is 7.86. The minimum atomic E-state index is 0.00651. The molecule has 0 N–H and O–H groups in total. The molecule has 36 heavy (non-hydrogen) atoms. The van der Waals surface area contributed by atoms with Gasteiger partial charge in [-0.15, -0.1) is 0 Å². The Labute approximate surface area is 207 Å². The first-order valence-electron chi connectivity index (χ1n) is 12.3. The lowest BCUT2D eigenvalue weighted by atomic mass is 9.36. The van der Waals surface area contributed by atoms with Gasteiger partial charge < -0.3 is 13.9 Å². The first-order chi connectivity index (χ1) is 17.9. The Morgan fingerprint density at radius 2 is 1.50 bits per heavy atom. The van der Waals surface area contributed by atoms with Crippen molar-refractivity contribution in [3.05, 3.63) is 109 Å². The molecule has 4 aromatic carbocycles. The number of fused-ring (bicyclic) bond motifs is 9. The number of nitrogens with zero attached hydrogens (tertiary/aromatic N) is 3. The summed E-state index contributed by atoms with van der Waals surface area (Å²) in [6.45, 7) is 0.00651. The van der Waals surface area contributed by atoms with Crippen LogP contribution in [0.3, 0.4) is 0 Å². The first kappa shape index (κ1) is 18.5. The fourth-order valence-electron chi connectivity index (χ4n) is 6.52. The molecule has 0 saturated carbocycles. The third-order valence-corrected chi connectivity index (χ3v) is 7.86. The molecule has 0 amide bonds. The van der Waals surface area contributed by atoms with E-state index in [2.05, 4.69) is 112 Å². The lowest BCUT2D eigenvalue weighted by Crippen LogP contribution is -2.59. The topological polar surface area (TPSA) is 34.2 Å². The first-order valence-corrected chi connectivity index (χ1v) is 12.3. The molecule has 9 rings (SSSR count). The van der Waals surface area contributed by atoms with E-state index in [1.54, 1.807) is 0 Å². The smallest absolute Gasteiger partial charge is 0.297 e. The highest BCUT2D eigenvalue weighted by atomic mass is 16.3. The average molecular weight is 459 g/mol. The Kier molecular flexibility index (Phi) is 3.33. The van der Waals surface area contributed by atoms with Crippen molar-refractivity contribution in [3.63, 3.8) is 0 Å². The van der Waals surface area contributed by atoms with Crippen LogP contribution in [0.25, 0.3) is 38.5 Å². The molecule has 3 aromatic heterocycles. The summed E-state index contributed by atoms with van der Waals surface area (Å²) in [5.41, 5.74) is 11.5. The van der Waals surface area contributed by atoms with E-state index < -0.39 is 0 Å². The predicted molar refractivity (Wildman–Crippen MR) is 148 cm³/mol. The van der Waals surface area contributed by atoms with Gasteiger partial charge in [-0.1, -0.05) is 54.6 Å². The van der Waals surface area contributed by atoms with Gasteiger partial charge in [0.25, 0.3) is 6.71 Å². The largest absolute Gasteiger partial charge is 0.468 e. The quantitative estimate of drug-likeness (QED) is 0.303. The van der Waals surface area contributed by atoms with Crippen molar-refractivity contribution in [1.29, 1.82) is 0 Å². The Bertz CT molecular complexity index is 2020. The maximum atomic E-state index is 6.75. The van der Waals surface area contributed by atoms with Crippen LogP contribution in [0.15, 0.2) is 114 Å². The van der Waals surface area contributed by atoms with Crippen LogP contribution in [0.5, 0.6) is 0 Å². The van der Waals surface area contributed by atoms with Gasteiger partial charge in [-0.3, -0.25) is 4.98 Å². The number of hydrogen-bond donors (Lipinski definition) is 0. The fraction of sp³-hybridized carbons (Fsp3) is 0. The molecule has 5 heterocycles. The molecule has 7 aromatic rings. The van der Waals surface area contributed by atoms with Gasteiger partial charge in [0.2, 0.25) is 0 Å². The van der Waals surface area contributed by atoms with Crippen molar-refractivity contribution in [2.45, 2.75) is 0 Å². The Morgan fingerprint density at radius 1 is 0.694 bits per heavy atom. The normalized spacial score (nSPS) is 13.4. The van der Waals surface area contributed by atoms with Crippen LogP contribution in [-0.2, 0) is 0 Å². The van der Waals surface area contributed by atoms with Crippen molar-refractivity contribution < 1.29 is 4.42 Å². The van der Waals surface area contributed by atoms with Crippen LogP contribution < -0.4 is 21.5 Å². The second kappa shape index (κ2) is 6.46. The monoisotopic (exact) mass is 459 g/mol. The number of pyridine rings is 1. The van der Waals surface area contributed by atoms with Crippen LogP contribution in [0.4, 0.5) is 17.1 Å². The average Bonchev–Trinajstić information content (AvgIpc) is 3.49. The van der Waals surface area contributed by atoms with E-state index in [-0.39, 0.29) is 6.71 Å². The molecule has 0 radical (unpaired) electrons. The standard InChI is InChI=1S/C31H18BN3O/c1-2-8-19(9-3-1)34-24-13-7-14-25-28(24)32(31-30(34)22-10-4-5-15-27(22)36-31)23-12-6-11-21-20-16-17-33-18-26(20)35(25)29(21)23/h1-18H. The molecule has 0 saturated heterocycles. The molecular weight excluding hydrogens is 441 g/mol. The molecule has 0 spiro atoms. The molecule has 0 fully saturated rings. The second-order valence-electron chi connectivity index (χ2n) is 9.60. The zero-order valence-corrected chi connectivity index (χ0v) is 19.2. The van der Waals surface area contributed by atoms with Gasteiger partial charge in [-0.05, 0) is 53.4 Å². The van der Waals surface area contributed by atoms with E-state index in [9.17, 15) is 0 Å². The number of furan rings is 1. The van der Waals surface area contributed by atoms with Crippen LogP contribution in [-0.4, -0.2) is 16.3 Å². The number of benzene rings is 4. The molecule has 0 aliphatic carbocycles. The summed E-state index contributed by atoms with van der Waals surface area (Å²) in [4.78, 5) is 6.88. The van der Waals surface area contributed by atoms with Crippen LogP contribution in [0, 0.1) is 0 Å². The van der Waals surface area contributed by atoms with Crippen molar-refractivity contribution >= 4 is 73.1 Å². The fourth-order valence-corrected chi connectivity index (χ4v) is 6.52. The molecule has 0 atom stereocenters. The third kappa shape index (κ3) is 2.10. The highest BCUT2D eigenvalue weighted by Gasteiger charge is 2.45. The van der Waals surface area contributed by atoms with Crippen molar-refractivity contribution in [3.8, 4) is 5.69 Å². The van der Waals surface area contributed by atoms with Crippen molar-refractivity contribution in [2.24, 2.45) is 0 Å². The van der Waals surface area contributed by atoms with E-state index in [1.807, 2.05) is 12.4 Å². The Hall–Kier alpha value is -4.77. The maximum absolute atomic E-state index is 6.75. The maximum Gasteiger partial charge on any atom is 0.297 e. The van der Waals surface area contributed by atoms with Crippen molar-refractivity contribution in [2.75, 3.05) is 4.90 Å². The van der Waals surface area contributed by atoms with Crippen molar-refractivity contribution in [1.82, 2.24) is 9.55 Å². The van der Waals surface area contributed by atoms with Gasteiger partial charge in [-0.25, -0.2) is 0 Å². The minimum absolute atomic E-state index is 0.00651. The number of anilines is 3. The summed E-state index contributed by atoms with van der Waals surface area (Å²) in [6, 6.07) is 34.5. The molecule has 5 heteroatoms. The summed E-state index contributed by atoms with van der Waals surface area (Å²) in [7, 11) is 0. The number of aromatic nitrogens is 2. The summed E-state index contributed by atoms with van der Waals surface area (Å²) in [6.07, 6.45) is 3.88. The van der Waals surface area contributed by atoms with E-state index in [0.29, 0.717) is 0 Å². The van der Waals surface area contributed by atoms with Crippen LogP contribution >= 0.6 is 0 Å². The number of para-hydroxylation sites is 3. The van der Waals surface area contributed by atoms with E-state index in [0.717, 1.165) is 33.5 Å². The second-order valence-corrected chi connectivity index (χ2v) is 9.60. The minimum Gasteiger partial charge on any atom is -0.468 e. The molecule has 166 valence electrons. The predicted octanol–water partition coefficient (Wildman–Crippen LogP) is 5.54. The lowest BCUT2D eigenvalue weighted by Gasteiger charge is -2.37. The summed E-state index contributed by atoms with van der Waals surface area (Å²) in [5.74, 6) is 0. The van der Waals surface area contributed by atoms with Gasteiger partial charge in [0.1, 0.15) is 5.58 Å². The Morgan fingerprint density at radius 3 is 2.44 bits per heavy atom. The van der Waals surface area contributed by atoms with Gasteiger partial charge in [0, 0.05) is 44.9 Å². The molecule has 4 nitrogen and oxygen atoms in total. The zero-order valence-electron chi connectivity index (χ0n) is 19.2. The molecule has 2 aliphatic rings. The number of rotatable bonds is 1. The van der Waals surface area contributed by atoms with Gasteiger partial charge in [0.05, 0.1) is 23.1 Å². The summed E-state index contributed by atoms with van der Waals surface area (Å²) < 4.78 is 9.15. The zero-order chi connectivity index (χ0) is 23.4. The summed E-state index contributed by atoms with van der Waals surface area (Å²) >= 11 is 0. The highest BCUT2D eigenvalue weighted by molar-refractivity contribution is 6.99. The molecule has 0 bridgehead atoms.